The summed E-state index contributed by atoms with van der Waals surface area (Å²) in [7, 11) is 0. The first-order valence-electron chi connectivity index (χ1n) is 6.09. The normalized spacial score (nSPS) is 12.6. The predicted molar refractivity (Wildman–Crippen MR) is 74.5 cm³/mol. The Bertz CT molecular complexity index is 469. The maximum atomic E-state index is 5.78. The molecule has 0 saturated carbocycles. The van der Waals surface area contributed by atoms with E-state index >= 15 is 0 Å². The topological polar surface area (TPSA) is 77.8 Å². The van der Waals surface area contributed by atoms with Crippen LogP contribution in [-0.4, -0.2) is 21.9 Å². The van der Waals surface area contributed by atoms with Gasteiger partial charge in [-0.15, -0.1) is 0 Å². The Morgan fingerprint density at radius 1 is 1.22 bits per heavy atom. The van der Waals surface area contributed by atoms with Crippen LogP contribution in [0.25, 0.3) is 0 Å². The third kappa shape index (κ3) is 3.87. The standard InChI is InChI=1S/C13H18N4S/c14-9-11(15)6-7-13-16-12(17-18-13)8-10-4-2-1-3-5-10/h1-5,11H,6-9,14-15H2. The SMILES string of the molecule is NCC(N)CCc1nc(Cc2ccccc2)ns1. The molecule has 4 nitrogen and oxygen atoms in total. The minimum atomic E-state index is 0.0615. The molecule has 1 aromatic heterocycles. The van der Waals surface area contributed by atoms with Gasteiger partial charge in [0.05, 0.1) is 0 Å². The second-order valence-corrected chi connectivity index (χ2v) is 5.14. The molecule has 1 atom stereocenters. The van der Waals surface area contributed by atoms with Crippen molar-refractivity contribution in [1.82, 2.24) is 9.36 Å². The predicted octanol–water partition coefficient (Wildman–Crippen LogP) is 1.35. The lowest BCUT2D eigenvalue weighted by molar-refractivity contribution is 0.621. The van der Waals surface area contributed by atoms with E-state index in [1.807, 2.05) is 18.2 Å². The van der Waals surface area contributed by atoms with Crippen LogP contribution in [-0.2, 0) is 12.8 Å². The van der Waals surface area contributed by atoms with Gasteiger partial charge in [-0.3, -0.25) is 0 Å². The molecule has 0 amide bonds. The number of hydrogen-bond donors (Lipinski definition) is 2. The minimum absolute atomic E-state index is 0.0615. The van der Waals surface area contributed by atoms with E-state index in [2.05, 4.69) is 21.5 Å². The van der Waals surface area contributed by atoms with Crippen LogP contribution >= 0.6 is 11.5 Å². The molecule has 0 fully saturated rings. The first-order chi connectivity index (χ1) is 8.78. The van der Waals surface area contributed by atoms with E-state index in [-0.39, 0.29) is 6.04 Å². The van der Waals surface area contributed by atoms with Crippen molar-refractivity contribution in [2.24, 2.45) is 11.5 Å². The van der Waals surface area contributed by atoms with Crippen LogP contribution in [0.3, 0.4) is 0 Å². The van der Waals surface area contributed by atoms with Gasteiger partial charge >= 0.3 is 0 Å². The van der Waals surface area contributed by atoms with Crippen molar-refractivity contribution in [2.45, 2.75) is 25.3 Å². The lowest BCUT2D eigenvalue weighted by Gasteiger charge is -2.05. The molecule has 0 aliphatic heterocycles. The largest absolute Gasteiger partial charge is 0.329 e. The van der Waals surface area contributed by atoms with Crippen LogP contribution in [0.4, 0.5) is 0 Å². The zero-order valence-corrected chi connectivity index (χ0v) is 11.1. The number of nitrogens with two attached hydrogens (primary N) is 2. The quantitative estimate of drug-likeness (QED) is 0.823. The van der Waals surface area contributed by atoms with Crippen LogP contribution in [0.1, 0.15) is 22.8 Å². The summed E-state index contributed by atoms with van der Waals surface area (Å²) >= 11 is 1.46. The Labute approximate surface area is 111 Å². The molecule has 5 heteroatoms. The lowest BCUT2D eigenvalue weighted by Crippen LogP contribution is -2.29. The summed E-state index contributed by atoms with van der Waals surface area (Å²) in [5, 5.41) is 1.05. The van der Waals surface area contributed by atoms with Gasteiger partial charge in [-0.1, -0.05) is 30.3 Å². The van der Waals surface area contributed by atoms with Gasteiger partial charge in [0.25, 0.3) is 0 Å². The molecule has 2 aromatic rings. The second kappa shape index (κ2) is 6.58. The Balaban J connectivity index is 1.90. The maximum absolute atomic E-state index is 5.78. The smallest absolute Gasteiger partial charge is 0.146 e. The van der Waals surface area contributed by atoms with Crippen molar-refractivity contribution in [3.8, 4) is 0 Å². The zero-order valence-electron chi connectivity index (χ0n) is 10.2. The molecular formula is C13H18N4S. The highest BCUT2D eigenvalue weighted by Gasteiger charge is 2.07. The van der Waals surface area contributed by atoms with Gasteiger partial charge in [0.15, 0.2) is 0 Å². The minimum Gasteiger partial charge on any atom is -0.329 e. The number of aromatic nitrogens is 2. The maximum Gasteiger partial charge on any atom is 0.146 e. The first-order valence-corrected chi connectivity index (χ1v) is 6.86. The molecule has 1 heterocycles. The summed E-state index contributed by atoms with van der Waals surface area (Å²) in [6.45, 7) is 0.523. The Morgan fingerprint density at radius 2 is 2.00 bits per heavy atom. The van der Waals surface area contributed by atoms with E-state index in [0.29, 0.717) is 6.54 Å². The van der Waals surface area contributed by atoms with Gasteiger partial charge < -0.3 is 11.5 Å². The number of rotatable bonds is 6. The summed E-state index contributed by atoms with van der Waals surface area (Å²) in [6, 6.07) is 10.3. The van der Waals surface area contributed by atoms with E-state index < -0.39 is 0 Å². The molecule has 1 unspecified atom stereocenters. The fourth-order valence-electron chi connectivity index (χ4n) is 1.67. The van der Waals surface area contributed by atoms with Crippen LogP contribution in [0, 0.1) is 0 Å². The van der Waals surface area contributed by atoms with E-state index in [0.717, 1.165) is 30.1 Å². The molecule has 0 radical (unpaired) electrons. The number of hydrogen-bond acceptors (Lipinski definition) is 5. The van der Waals surface area contributed by atoms with Crippen molar-refractivity contribution < 1.29 is 0 Å². The number of benzene rings is 1. The van der Waals surface area contributed by atoms with E-state index in [4.69, 9.17) is 11.5 Å². The highest BCUT2D eigenvalue weighted by Crippen LogP contribution is 2.11. The average molecular weight is 262 g/mol. The van der Waals surface area contributed by atoms with Gasteiger partial charge in [0.2, 0.25) is 0 Å². The van der Waals surface area contributed by atoms with Gasteiger partial charge in [0.1, 0.15) is 10.8 Å². The van der Waals surface area contributed by atoms with Crippen LogP contribution in [0.5, 0.6) is 0 Å². The molecule has 0 aliphatic carbocycles. The number of nitrogens with zero attached hydrogens (tertiary/aromatic N) is 2. The fraction of sp³-hybridized carbons (Fsp3) is 0.385. The summed E-state index contributed by atoms with van der Waals surface area (Å²) in [6.07, 6.45) is 2.53. The zero-order chi connectivity index (χ0) is 12.8. The van der Waals surface area contributed by atoms with Gasteiger partial charge in [-0.05, 0) is 23.5 Å². The molecule has 96 valence electrons. The van der Waals surface area contributed by atoms with Gasteiger partial charge in [-0.2, -0.15) is 4.37 Å². The summed E-state index contributed by atoms with van der Waals surface area (Å²) < 4.78 is 4.37. The van der Waals surface area contributed by atoms with E-state index in [9.17, 15) is 0 Å². The lowest BCUT2D eigenvalue weighted by atomic mass is 10.1. The Morgan fingerprint density at radius 3 is 2.72 bits per heavy atom. The summed E-state index contributed by atoms with van der Waals surface area (Å²) in [5.41, 5.74) is 12.5. The van der Waals surface area contributed by atoms with Crippen LogP contribution < -0.4 is 11.5 Å². The molecule has 18 heavy (non-hydrogen) atoms. The average Bonchev–Trinajstić information content (AvgIpc) is 2.85. The van der Waals surface area contributed by atoms with Crippen molar-refractivity contribution >= 4 is 11.5 Å². The molecule has 2 rings (SSSR count). The monoisotopic (exact) mass is 262 g/mol. The molecular weight excluding hydrogens is 244 g/mol. The summed E-state index contributed by atoms with van der Waals surface area (Å²) in [4.78, 5) is 4.52. The van der Waals surface area contributed by atoms with Crippen molar-refractivity contribution in [1.29, 1.82) is 0 Å². The van der Waals surface area contributed by atoms with E-state index in [1.165, 1.54) is 17.1 Å². The molecule has 1 aromatic carbocycles. The molecule has 4 N–H and O–H groups in total. The van der Waals surface area contributed by atoms with Gasteiger partial charge in [-0.25, -0.2) is 4.98 Å². The molecule has 0 spiro atoms. The molecule has 0 bridgehead atoms. The van der Waals surface area contributed by atoms with Crippen molar-refractivity contribution in [2.75, 3.05) is 6.54 Å². The fourth-order valence-corrected chi connectivity index (χ4v) is 2.34. The van der Waals surface area contributed by atoms with E-state index in [1.54, 1.807) is 0 Å². The Kier molecular flexibility index (Phi) is 4.81. The van der Waals surface area contributed by atoms with Gasteiger partial charge in [0, 0.05) is 25.4 Å². The van der Waals surface area contributed by atoms with Crippen molar-refractivity contribution in [3.05, 3.63) is 46.7 Å². The second-order valence-electron chi connectivity index (χ2n) is 4.30. The third-order valence-corrected chi connectivity index (χ3v) is 3.56. The molecule has 0 saturated heterocycles. The highest BCUT2D eigenvalue weighted by atomic mass is 32.1. The van der Waals surface area contributed by atoms with Crippen LogP contribution in [0.2, 0.25) is 0 Å². The third-order valence-electron chi connectivity index (χ3n) is 2.75. The Hall–Kier alpha value is -1.30. The highest BCUT2D eigenvalue weighted by molar-refractivity contribution is 7.05. The molecule has 0 aliphatic rings. The first kappa shape index (κ1) is 13.1. The summed E-state index contributed by atoms with van der Waals surface area (Å²) in [5.74, 6) is 0.891. The van der Waals surface area contributed by atoms with Crippen LogP contribution in [0.15, 0.2) is 30.3 Å². The number of aryl methyl sites for hydroxylation is 1. The van der Waals surface area contributed by atoms with Crippen molar-refractivity contribution in [3.63, 3.8) is 0 Å².